The number of thioether (sulfide) groups is 1. The first-order chi connectivity index (χ1) is 9.20. The zero-order chi connectivity index (χ0) is 13.7. The fourth-order valence-corrected chi connectivity index (χ4v) is 3.39. The summed E-state index contributed by atoms with van der Waals surface area (Å²) in [6.07, 6.45) is 3.90. The first-order valence-electron chi connectivity index (χ1n) is 6.54. The third-order valence-corrected chi connectivity index (χ3v) is 4.66. The molecule has 1 heterocycles. The van der Waals surface area contributed by atoms with E-state index in [1.807, 2.05) is 17.8 Å². The van der Waals surface area contributed by atoms with Crippen molar-refractivity contribution in [2.75, 3.05) is 30.5 Å². The van der Waals surface area contributed by atoms with E-state index in [0.717, 1.165) is 12.2 Å². The topological polar surface area (TPSA) is 64.3 Å². The first-order valence-corrected chi connectivity index (χ1v) is 7.59. The maximum atomic E-state index is 11.6. The van der Waals surface area contributed by atoms with Gasteiger partial charge in [-0.25, -0.2) is 4.79 Å². The monoisotopic (exact) mass is 280 g/mol. The van der Waals surface area contributed by atoms with Crippen LogP contribution in [-0.4, -0.2) is 30.6 Å². The average Bonchev–Trinajstić information content (AvgIpc) is 2.46. The van der Waals surface area contributed by atoms with Gasteiger partial charge in [0.1, 0.15) is 0 Å². The maximum absolute atomic E-state index is 11.6. The Kier molecular flexibility index (Phi) is 4.96. The van der Waals surface area contributed by atoms with Gasteiger partial charge < -0.3 is 15.8 Å². The summed E-state index contributed by atoms with van der Waals surface area (Å²) in [5, 5.41) is 4.04. The number of nitrogen functional groups attached to an aromatic ring is 1. The Morgan fingerprint density at radius 1 is 1.53 bits per heavy atom. The second kappa shape index (κ2) is 6.70. The van der Waals surface area contributed by atoms with Crippen molar-refractivity contribution in [2.24, 2.45) is 0 Å². The van der Waals surface area contributed by atoms with Gasteiger partial charge in [-0.3, -0.25) is 0 Å². The lowest BCUT2D eigenvalue weighted by molar-refractivity contribution is 0.0602. The molecule has 1 aliphatic heterocycles. The van der Waals surface area contributed by atoms with Crippen LogP contribution in [0.25, 0.3) is 0 Å². The molecule has 1 aliphatic rings. The highest BCUT2D eigenvalue weighted by atomic mass is 32.2. The van der Waals surface area contributed by atoms with Crippen LogP contribution in [0.1, 0.15) is 29.6 Å². The Balaban J connectivity index is 1.98. The average molecular weight is 280 g/mol. The molecule has 3 N–H and O–H groups in total. The fourth-order valence-electron chi connectivity index (χ4n) is 2.15. The van der Waals surface area contributed by atoms with Gasteiger partial charge in [0.2, 0.25) is 0 Å². The van der Waals surface area contributed by atoms with E-state index in [2.05, 4.69) is 5.32 Å². The predicted molar refractivity (Wildman–Crippen MR) is 80.8 cm³/mol. The van der Waals surface area contributed by atoms with E-state index in [-0.39, 0.29) is 0 Å². The van der Waals surface area contributed by atoms with Gasteiger partial charge in [-0.15, -0.1) is 0 Å². The maximum Gasteiger partial charge on any atom is 0.340 e. The molecule has 0 spiro atoms. The van der Waals surface area contributed by atoms with E-state index in [1.165, 1.54) is 32.1 Å². The van der Waals surface area contributed by atoms with Crippen LogP contribution in [0.2, 0.25) is 0 Å². The number of esters is 1. The molecule has 0 aromatic heterocycles. The minimum atomic E-state index is -0.395. The third-order valence-electron chi connectivity index (χ3n) is 3.27. The third kappa shape index (κ3) is 3.80. The molecule has 0 bridgehead atoms. The summed E-state index contributed by atoms with van der Waals surface area (Å²) in [5.41, 5.74) is 7.56. The number of ether oxygens (including phenoxy) is 1. The molecule has 1 atom stereocenters. The number of rotatable bonds is 4. The molecule has 4 nitrogen and oxygen atoms in total. The van der Waals surface area contributed by atoms with Gasteiger partial charge in [-0.1, -0.05) is 6.42 Å². The van der Waals surface area contributed by atoms with Crippen LogP contribution in [-0.2, 0) is 4.74 Å². The van der Waals surface area contributed by atoms with E-state index in [9.17, 15) is 4.79 Å². The Morgan fingerprint density at radius 2 is 2.37 bits per heavy atom. The van der Waals surface area contributed by atoms with E-state index in [1.54, 1.807) is 12.1 Å². The molecule has 1 saturated heterocycles. The SMILES string of the molecule is COC(=O)c1cc(NCC2CCCCS2)ccc1N. The van der Waals surface area contributed by atoms with Crippen molar-refractivity contribution in [3.05, 3.63) is 23.8 Å². The molecule has 2 rings (SSSR count). The van der Waals surface area contributed by atoms with Crippen molar-refractivity contribution in [2.45, 2.75) is 24.5 Å². The van der Waals surface area contributed by atoms with Crippen LogP contribution in [0.15, 0.2) is 18.2 Å². The lowest BCUT2D eigenvalue weighted by atomic mass is 10.1. The molecule has 1 aromatic rings. The standard InChI is InChI=1S/C14H20N2O2S/c1-18-14(17)12-8-10(5-6-13(12)15)16-9-11-4-2-3-7-19-11/h5-6,8,11,16H,2-4,7,9,15H2,1H3. The van der Waals surface area contributed by atoms with Crippen LogP contribution < -0.4 is 11.1 Å². The largest absolute Gasteiger partial charge is 0.465 e. The number of anilines is 2. The summed E-state index contributed by atoms with van der Waals surface area (Å²) in [6.45, 7) is 0.926. The Labute approximate surface area is 118 Å². The first kappa shape index (κ1) is 14.1. The Morgan fingerprint density at radius 3 is 3.05 bits per heavy atom. The minimum absolute atomic E-state index is 0.395. The minimum Gasteiger partial charge on any atom is -0.465 e. The second-order valence-corrected chi connectivity index (χ2v) is 6.07. The van der Waals surface area contributed by atoms with E-state index in [0.29, 0.717) is 16.5 Å². The second-order valence-electron chi connectivity index (χ2n) is 4.66. The van der Waals surface area contributed by atoms with E-state index >= 15 is 0 Å². The summed E-state index contributed by atoms with van der Waals surface area (Å²) >= 11 is 2.02. The normalized spacial score (nSPS) is 18.9. The molecule has 1 aromatic carbocycles. The molecule has 1 fully saturated rings. The quantitative estimate of drug-likeness (QED) is 0.656. The number of carbonyl (C=O) groups is 1. The lowest BCUT2D eigenvalue weighted by Crippen LogP contribution is -2.20. The summed E-state index contributed by atoms with van der Waals surface area (Å²) in [7, 11) is 1.36. The highest BCUT2D eigenvalue weighted by molar-refractivity contribution is 7.99. The number of hydrogen-bond donors (Lipinski definition) is 2. The highest BCUT2D eigenvalue weighted by Gasteiger charge is 2.14. The van der Waals surface area contributed by atoms with Gasteiger partial charge in [0.05, 0.1) is 12.7 Å². The number of nitrogens with two attached hydrogens (primary N) is 1. The van der Waals surface area contributed by atoms with Gasteiger partial charge in [0, 0.05) is 23.2 Å². The lowest BCUT2D eigenvalue weighted by Gasteiger charge is -2.22. The van der Waals surface area contributed by atoms with Gasteiger partial charge >= 0.3 is 5.97 Å². The van der Waals surface area contributed by atoms with E-state index < -0.39 is 5.97 Å². The summed E-state index contributed by atoms with van der Waals surface area (Å²) in [6, 6.07) is 5.40. The molecule has 19 heavy (non-hydrogen) atoms. The van der Waals surface area contributed by atoms with Crippen LogP contribution in [0, 0.1) is 0 Å². The Hall–Kier alpha value is -1.36. The molecule has 1 unspecified atom stereocenters. The summed E-state index contributed by atoms with van der Waals surface area (Å²) in [5.74, 6) is 0.856. The fraction of sp³-hybridized carbons (Fsp3) is 0.500. The number of carbonyl (C=O) groups excluding carboxylic acids is 1. The number of methoxy groups -OCH3 is 1. The van der Waals surface area contributed by atoms with E-state index in [4.69, 9.17) is 10.5 Å². The molecule has 0 aliphatic carbocycles. The van der Waals surface area contributed by atoms with Crippen LogP contribution in [0.3, 0.4) is 0 Å². The van der Waals surface area contributed by atoms with Crippen LogP contribution >= 0.6 is 11.8 Å². The van der Waals surface area contributed by atoms with Gasteiger partial charge in [0.25, 0.3) is 0 Å². The van der Waals surface area contributed by atoms with Crippen molar-refractivity contribution in [3.8, 4) is 0 Å². The molecule has 0 saturated carbocycles. The molecule has 104 valence electrons. The van der Waals surface area contributed by atoms with Gasteiger partial charge in [-0.2, -0.15) is 11.8 Å². The van der Waals surface area contributed by atoms with Crippen molar-refractivity contribution < 1.29 is 9.53 Å². The zero-order valence-electron chi connectivity index (χ0n) is 11.1. The van der Waals surface area contributed by atoms with Crippen molar-refractivity contribution in [3.63, 3.8) is 0 Å². The molecular formula is C14H20N2O2S. The summed E-state index contributed by atoms with van der Waals surface area (Å²) in [4.78, 5) is 11.6. The van der Waals surface area contributed by atoms with Crippen molar-refractivity contribution >= 4 is 29.1 Å². The van der Waals surface area contributed by atoms with Crippen LogP contribution in [0.4, 0.5) is 11.4 Å². The smallest absolute Gasteiger partial charge is 0.340 e. The molecule has 0 radical (unpaired) electrons. The highest BCUT2D eigenvalue weighted by Crippen LogP contribution is 2.26. The van der Waals surface area contributed by atoms with Crippen molar-refractivity contribution in [1.29, 1.82) is 0 Å². The predicted octanol–water partition coefficient (Wildman–Crippen LogP) is 2.75. The zero-order valence-corrected chi connectivity index (χ0v) is 12.0. The van der Waals surface area contributed by atoms with Gasteiger partial charge in [0.15, 0.2) is 0 Å². The summed E-state index contributed by atoms with van der Waals surface area (Å²) < 4.78 is 4.72. The van der Waals surface area contributed by atoms with Crippen molar-refractivity contribution in [1.82, 2.24) is 0 Å². The number of nitrogens with one attached hydrogen (secondary N) is 1. The van der Waals surface area contributed by atoms with Gasteiger partial charge in [-0.05, 0) is 36.8 Å². The molecule has 0 amide bonds. The van der Waals surface area contributed by atoms with Crippen LogP contribution in [0.5, 0.6) is 0 Å². The Bertz CT molecular complexity index is 445. The number of hydrogen-bond acceptors (Lipinski definition) is 5. The molecule has 5 heteroatoms. The number of benzene rings is 1. The molecular weight excluding hydrogens is 260 g/mol.